The highest BCUT2D eigenvalue weighted by Crippen LogP contribution is 2.23. The number of carbonyl (C=O) groups is 2. The summed E-state index contributed by atoms with van der Waals surface area (Å²) in [6.07, 6.45) is 4.35. The van der Waals surface area contributed by atoms with E-state index in [9.17, 15) is 9.59 Å². The maximum Gasteiger partial charge on any atom is 0.321 e. The van der Waals surface area contributed by atoms with Crippen molar-refractivity contribution in [1.82, 2.24) is 20.6 Å². The van der Waals surface area contributed by atoms with Crippen LogP contribution in [0.3, 0.4) is 0 Å². The second kappa shape index (κ2) is 8.00. The van der Waals surface area contributed by atoms with Gasteiger partial charge in [0, 0.05) is 12.1 Å². The average Bonchev–Trinajstić information content (AvgIpc) is 2.46. The summed E-state index contributed by atoms with van der Waals surface area (Å²) in [5, 5.41) is 5.49. The van der Waals surface area contributed by atoms with E-state index in [1.807, 2.05) is 0 Å². The van der Waals surface area contributed by atoms with Gasteiger partial charge in [-0.2, -0.15) is 0 Å². The van der Waals surface area contributed by atoms with Gasteiger partial charge in [-0.15, -0.1) is 0 Å². The molecule has 0 unspecified atom stereocenters. The molecule has 9 heteroatoms. The van der Waals surface area contributed by atoms with Crippen molar-refractivity contribution in [3.05, 3.63) is 6.07 Å². The molecule has 0 radical (unpaired) electrons. The molecule has 1 aromatic heterocycles. The number of urea groups is 1. The fraction of sp³-hybridized carbons (Fsp3) is 0.571. The van der Waals surface area contributed by atoms with Gasteiger partial charge in [-0.1, -0.05) is 31.5 Å². The maximum absolute atomic E-state index is 11.9. The first-order valence-corrected chi connectivity index (χ1v) is 8.56. The van der Waals surface area contributed by atoms with Crippen LogP contribution in [0.2, 0.25) is 0 Å². The topological polar surface area (TPSA) is 136 Å². The number of nitrogen functional groups attached to an aromatic ring is 2. The lowest BCUT2D eigenvalue weighted by atomic mass is 9.86. The molecular formula is C14H22N6O2S. The molecule has 8 nitrogen and oxygen atoms in total. The van der Waals surface area contributed by atoms with Crippen LogP contribution in [0.25, 0.3) is 0 Å². The van der Waals surface area contributed by atoms with Crippen molar-refractivity contribution in [2.45, 2.75) is 43.8 Å². The summed E-state index contributed by atoms with van der Waals surface area (Å²) in [5.74, 6) is 0.508. The van der Waals surface area contributed by atoms with Crippen molar-refractivity contribution in [2.24, 2.45) is 5.92 Å². The number of anilines is 2. The lowest BCUT2D eigenvalue weighted by molar-refractivity contribution is -0.117. The minimum atomic E-state index is -0.456. The van der Waals surface area contributed by atoms with E-state index in [0.717, 1.165) is 31.0 Å². The van der Waals surface area contributed by atoms with Crippen LogP contribution in [0.15, 0.2) is 11.2 Å². The molecule has 1 aromatic rings. The normalized spacial score (nSPS) is 20.7. The predicted octanol–water partition coefficient (Wildman–Crippen LogP) is 1.14. The summed E-state index contributed by atoms with van der Waals surface area (Å²) >= 11 is 1.07. The van der Waals surface area contributed by atoms with Crippen LogP contribution in [0.4, 0.5) is 16.4 Å². The van der Waals surface area contributed by atoms with E-state index < -0.39 is 11.9 Å². The van der Waals surface area contributed by atoms with Gasteiger partial charge in [-0.3, -0.25) is 10.1 Å². The molecule has 0 aromatic carbocycles. The van der Waals surface area contributed by atoms with Gasteiger partial charge in [0.05, 0.1) is 5.75 Å². The summed E-state index contributed by atoms with van der Waals surface area (Å²) in [6, 6.07) is 1.10. The van der Waals surface area contributed by atoms with Crippen molar-refractivity contribution in [3.8, 4) is 0 Å². The Balaban J connectivity index is 1.76. The van der Waals surface area contributed by atoms with Gasteiger partial charge in [0.1, 0.15) is 11.6 Å². The van der Waals surface area contributed by atoms with Gasteiger partial charge in [0.2, 0.25) is 5.91 Å². The summed E-state index contributed by atoms with van der Waals surface area (Å²) in [5.41, 5.74) is 11.1. The van der Waals surface area contributed by atoms with E-state index in [0.29, 0.717) is 11.1 Å². The fourth-order valence-corrected chi connectivity index (χ4v) is 3.23. The number of rotatable bonds is 4. The Bertz CT molecular complexity index is 562. The zero-order chi connectivity index (χ0) is 16.8. The number of carbonyl (C=O) groups excluding carboxylic acids is 2. The summed E-state index contributed by atoms with van der Waals surface area (Å²) in [6.45, 7) is 2.11. The molecule has 126 valence electrons. The number of aromatic nitrogens is 2. The lowest BCUT2D eigenvalue weighted by Gasteiger charge is -2.29. The third-order valence-corrected chi connectivity index (χ3v) is 4.61. The summed E-state index contributed by atoms with van der Waals surface area (Å²) in [7, 11) is 0. The Labute approximate surface area is 139 Å². The second-order valence-corrected chi connectivity index (χ2v) is 6.62. The number of hydrogen-bond acceptors (Lipinski definition) is 7. The van der Waals surface area contributed by atoms with Gasteiger partial charge in [-0.25, -0.2) is 14.8 Å². The van der Waals surface area contributed by atoms with Crippen molar-refractivity contribution in [1.29, 1.82) is 0 Å². The Morgan fingerprint density at radius 3 is 2.57 bits per heavy atom. The second-order valence-electron chi connectivity index (χ2n) is 5.68. The minimum Gasteiger partial charge on any atom is -0.383 e. The Morgan fingerprint density at radius 2 is 1.91 bits per heavy atom. The Hall–Kier alpha value is -2.03. The van der Waals surface area contributed by atoms with E-state index in [4.69, 9.17) is 11.5 Å². The largest absolute Gasteiger partial charge is 0.383 e. The molecule has 0 aliphatic heterocycles. The van der Waals surface area contributed by atoms with E-state index in [1.54, 1.807) is 0 Å². The van der Waals surface area contributed by atoms with E-state index in [1.165, 1.54) is 12.5 Å². The van der Waals surface area contributed by atoms with Crippen LogP contribution in [0.1, 0.15) is 32.6 Å². The first kappa shape index (κ1) is 17.3. The number of thioether (sulfide) groups is 1. The molecule has 0 bridgehead atoms. The van der Waals surface area contributed by atoms with Crippen LogP contribution in [-0.4, -0.2) is 33.7 Å². The summed E-state index contributed by atoms with van der Waals surface area (Å²) in [4.78, 5) is 31.6. The Kier molecular flexibility index (Phi) is 6.03. The van der Waals surface area contributed by atoms with Gasteiger partial charge < -0.3 is 16.8 Å². The molecule has 0 saturated heterocycles. The number of nitrogens with two attached hydrogens (primary N) is 2. The maximum atomic E-state index is 11.9. The number of amides is 3. The quantitative estimate of drug-likeness (QED) is 0.477. The highest BCUT2D eigenvalue weighted by molar-refractivity contribution is 7.99. The smallest absolute Gasteiger partial charge is 0.321 e. The molecule has 6 N–H and O–H groups in total. The number of hydrogen-bond donors (Lipinski definition) is 4. The molecule has 1 heterocycles. The van der Waals surface area contributed by atoms with Crippen LogP contribution >= 0.6 is 11.8 Å². The zero-order valence-electron chi connectivity index (χ0n) is 13.0. The van der Waals surface area contributed by atoms with Gasteiger partial charge >= 0.3 is 6.03 Å². The highest BCUT2D eigenvalue weighted by atomic mass is 32.2. The molecule has 1 aliphatic carbocycles. The van der Waals surface area contributed by atoms with Crippen LogP contribution < -0.4 is 22.1 Å². The number of imide groups is 1. The first-order chi connectivity index (χ1) is 10.9. The van der Waals surface area contributed by atoms with E-state index in [-0.39, 0.29) is 23.4 Å². The third-order valence-electron chi connectivity index (χ3n) is 3.76. The molecule has 2 atom stereocenters. The molecule has 0 spiro atoms. The lowest BCUT2D eigenvalue weighted by Crippen LogP contribution is -2.48. The molecule has 2 rings (SSSR count). The van der Waals surface area contributed by atoms with Crippen LogP contribution in [0.5, 0.6) is 0 Å². The molecule has 1 aliphatic rings. The SMILES string of the molecule is C[C@H]1CCCC[C@@H]1NC(=O)NC(=O)CSc1nc(N)cc(N)n1. The highest BCUT2D eigenvalue weighted by Gasteiger charge is 2.23. The van der Waals surface area contributed by atoms with Crippen molar-refractivity contribution in [2.75, 3.05) is 17.2 Å². The monoisotopic (exact) mass is 338 g/mol. The number of nitrogens with zero attached hydrogens (tertiary/aromatic N) is 2. The molecule has 1 saturated carbocycles. The zero-order valence-corrected chi connectivity index (χ0v) is 13.9. The molecular weight excluding hydrogens is 316 g/mol. The van der Waals surface area contributed by atoms with Gasteiger partial charge in [0.25, 0.3) is 0 Å². The van der Waals surface area contributed by atoms with Crippen LogP contribution in [-0.2, 0) is 4.79 Å². The summed E-state index contributed by atoms with van der Waals surface area (Å²) < 4.78 is 0. The first-order valence-electron chi connectivity index (χ1n) is 7.57. The van der Waals surface area contributed by atoms with Crippen molar-refractivity contribution < 1.29 is 9.59 Å². The molecule has 3 amide bonds. The molecule has 23 heavy (non-hydrogen) atoms. The Morgan fingerprint density at radius 1 is 1.26 bits per heavy atom. The standard InChI is InChI=1S/C14H22N6O2S/c1-8-4-2-3-5-9(8)17-13(22)20-12(21)7-23-14-18-10(15)6-11(16)19-14/h6,8-9H,2-5,7H2,1H3,(H4,15,16,18,19)(H2,17,20,21,22)/t8-,9-/m0/s1. The predicted molar refractivity (Wildman–Crippen MR) is 89.7 cm³/mol. The van der Waals surface area contributed by atoms with E-state index in [2.05, 4.69) is 27.5 Å². The van der Waals surface area contributed by atoms with Gasteiger partial charge in [-0.05, 0) is 18.8 Å². The van der Waals surface area contributed by atoms with Crippen molar-refractivity contribution in [3.63, 3.8) is 0 Å². The number of nitrogens with one attached hydrogen (secondary N) is 2. The average molecular weight is 338 g/mol. The third kappa shape index (κ3) is 5.59. The fourth-order valence-electron chi connectivity index (χ4n) is 2.55. The minimum absolute atomic E-state index is 0.0104. The molecule has 1 fully saturated rings. The van der Waals surface area contributed by atoms with Gasteiger partial charge in [0.15, 0.2) is 5.16 Å². The van der Waals surface area contributed by atoms with Crippen molar-refractivity contribution >= 4 is 35.3 Å². The van der Waals surface area contributed by atoms with E-state index >= 15 is 0 Å². The van der Waals surface area contributed by atoms with Crippen LogP contribution in [0, 0.1) is 5.92 Å².